The van der Waals surface area contributed by atoms with Crippen LogP contribution in [-0.2, 0) is 0 Å². The van der Waals surface area contributed by atoms with Gasteiger partial charge < -0.3 is 14.4 Å². The fourth-order valence-electron chi connectivity index (χ4n) is 3.20. The number of carbonyl (C=O) groups excluding carboxylic acids is 1. The molecule has 0 saturated heterocycles. The number of fused-ring (bicyclic) bond motifs is 1. The van der Waals surface area contributed by atoms with Gasteiger partial charge in [-0.1, -0.05) is 25.2 Å². The normalized spacial score (nSPS) is 10.8. The van der Waals surface area contributed by atoms with E-state index in [1.807, 2.05) is 6.07 Å². The highest BCUT2D eigenvalue weighted by molar-refractivity contribution is 7.22. The van der Waals surface area contributed by atoms with Gasteiger partial charge in [0, 0.05) is 18.7 Å². The van der Waals surface area contributed by atoms with Crippen molar-refractivity contribution in [3.05, 3.63) is 47.8 Å². The van der Waals surface area contributed by atoms with Crippen LogP contribution in [0, 0.1) is 5.82 Å². The topological polar surface area (TPSA) is 54.9 Å². The zero-order valence-corrected chi connectivity index (χ0v) is 19.7. The number of nitrogens with zero attached hydrogens (tertiary/aromatic N) is 3. The molecule has 0 N–H and O–H groups in total. The molecule has 168 valence electrons. The van der Waals surface area contributed by atoms with Crippen molar-refractivity contribution in [3.63, 3.8) is 0 Å². The van der Waals surface area contributed by atoms with E-state index >= 15 is 0 Å². The summed E-state index contributed by atoms with van der Waals surface area (Å²) in [5.41, 5.74) is 1.06. The molecule has 1 aromatic heterocycles. The summed E-state index contributed by atoms with van der Waals surface area (Å²) >= 11 is 1.38. The maximum Gasteiger partial charge on any atom is 0.260 e. The monoisotopic (exact) mass is 467 g/mol. The van der Waals surface area contributed by atoms with Gasteiger partial charge in [0.25, 0.3) is 5.91 Å². The summed E-state index contributed by atoms with van der Waals surface area (Å²) < 4.78 is 25.1. The maximum absolute atomic E-state index is 13.4. The average Bonchev–Trinajstić information content (AvgIpc) is 3.21. The third-order valence-electron chi connectivity index (χ3n) is 5.00. The van der Waals surface area contributed by atoms with Crippen LogP contribution < -0.4 is 14.4 Å². The molecule has 1 heterocycles. The van der Waals surface area contributed by atoms with Crippen LogP contribution in [0.3, 0.4) is 0 Å². The fourth-order valence-corrected chi connectivity index (χ4v) is 4.30. The second-order valence-corrected chi connectivity index (χ2v) is 7.61. The van der Waals surface area contributed by atoms with Gasteiger partial charge in [0.05, 0.1) is 14.2 Å². The number of rotatable bonds is 9. The molecule has 0 aliphatic rings. The number of hydrogen-bond donors (Lipinski definition) is 0. The molecular formula is C22H27ClFN3O3S. The number of anilines is 1. The molecule has 6 nitrogen and oxygen atoms in total. The number of thiazole rings is 1. The number of aromatic nitrogens is 1. The predicted octanol–water partition coefficient (Wildman–Crippen LogP) is 4.86. The molecule has 31 heavy (non-hydrogen) atoms. The number of likely N-dealkylation sites (N-methyl/N-ethyl adjacent to an activating group) is 1. The summed E-state index contributed by atoms with van der Waals surface area (Å²) in [7, 11) is 3.19. The van der Waals surface area contributed by atoms with Gasteiger partial charge in [-0.15, -0.1) is 12.4 Å². The Hall–Kier alpha value is -2.42. The standard InChI is InChI=1S/C22H26FN3O3S.ClH/c1-5-25(6-2)13-14-26(21(27)15-7-9-16(23)10-8-15)22-24-19-17(28-3)11-12-18(29-4)20(19)30-22;/h7-12H,5-6,13-14H2,1-4H3;1H. The highest BCUT2D eigenvalue weighted by Crippen LogP contribution is 2.40. The molecule has 0 bridgehead atoms. The molecule has 0 atom stereocenters. The number of hydrogen-bond acceptors (Lipinski definition) is 6. The Balaban J connectivity index is 0.00000341. The molecule has 0 aliphatic heterocycles. The van der Waals surface area contributed by atoms with E-state index in [4.69, 9.17) is 14.5 Å². The van der Waals surface area contributed by atoms with Gasteiger partial charge in [-0.3, -0.25) is 9.69 Å². The van der Waals surface area contributed by atoms with Crippen LogP contribution in [0.4, 0.5) is 9.52 Å². The van der Waals surface area contributed by atoms with Crippen LogP contribution in [0.1, 0.15) is 24.2 Å². The number of amides is 1. The first-order valence-corrected chi connectivity index (χ1v) is 10.6. The van der Waals surface area contributed by atoms with Crippen LogP contribution in [0.5, 0.6) is 11.5 Å². The van der Waals surface area contributed by atoms with E-state index in [1.54, 1.807) is 25.2 Å². The molecule has 0 fully saturated rings. The van der Waals surface area contributed by atoms with Crippen molar-refractivity contribution in [1.82, 2.24) is 9.88 Å². The number of benzene rings is 2. The summed E-state index contributed by atoms with van der Waals surface area (Å²) in [4.78, 5) is 21.9. The zero-order valence-electron chi connectivity index (χ0n) is 18.1. The summed E-state index contributed by atoms with van der Waals surface area (Å²) in [6.07, 6.45) is 0. The van der Waals surface area contributed by atoms with Gasteiger partial charge in [-0.2, -0.15) is 0 Å². The van der Waals surface area contributed by atoms with Crippen molar-refractivity contribution in [2.24, 2.45) is 0 Å². The Labute approximate surface area is 192 Å². The first-order chi connectivity index (χ1) is 14.5. The average molecular weight is 468 g/mol. The van der Waals surface area contributed by atoms with Crippen molar-refractivity contribution in [2.45, 2.75) is 13.8 Å². The zero-order chi connectivity index (χ0) is 21.7. The quantitative estimate of drug-likeness (QED) is 0.449. The van der Waals surface area contributed by atoms with Crippen molar-refractivity contribution in [1.29, 1.82) is 0 Å². The van der Waals surface area contributed by atoms with Gasteiger partial charge in [0.15, 0.2) is 5.13 Å². The summed E-state index contributed by atoms with van der Waals surface area (Å²) in [5, 5.41) is 0.550. The summed E-state index contributed by atoms with van der Waals surface area (Å²) in [5.74, 6) is 0.688. The highest BCUT2D eigenvalue weighted by atomic mass is 35.5. The molecule has 0 unspecified atom stereocenters. The van der Waals surface area contributed by atoms with Crippen LogP contribution in [0.25, 0.3) is 10.2 Å². The molecule has 9 heteroatoms. The minimum absolute atomic E-state index is 0. The molecule has 0 saturated carbocycles. The summed E-state index contributed by atoms with van der Waals surface area (Å²) in [6.45, 7) is 7.10. The molecule has 0 aliphatic carbocycles. The third kappa shape index (κ3) is 5.44. The molecule has 0 spiro atoms. The molecule has 2 aromatic carbocycles. The second kappa shape index (κ2) is 11.3. The van der Waals surface area contributed by atoms with E-state index in [-0.39, 0.29) is 24.1 Å². The van der Waals surface area contributed by atoms with Gasteiger partial charge in [-0.25, -0.2) is 9.37 Å². The predicted molar refractivity (Wildman–Crippen MR) is 126 cm³/mol. The van der Waals surface area contributed by atoms with Crippen LogP contribution in [-0.4, -0.2) is 56.2 Å². The number of halogens is 2. The van der Waals surface area contributed by atoms with E-state index < -0.39 is 0 Å². The second-order valence-electron chi connectivity index (χ2n) is 6.63. The molecule has 0 radical (unpaired) electrons. The number of carbonyl (C=O) groups is 1. The SMILES string of the molecule is CCN(CC)CCN(C(=O)c1ccc(F)cc1)c1nc2c(OC)ccc(OC)c2s1.Cl. The minimum Gasteiger partial charge on any atom is -0.495 e. The fraction of sp³-hybridized carbons (Fsp3) is 0.364. The Bertz CT molecular complexity index is 968. The van der Waals surface area contributed by atoms with Crippen LogP contribution >= 0.6 is 23.7 Å². The molecule has 3 rings (SSSR count). The van der Waals surface area contributed by atoms with Gasteiger partial charge >= 0.3 is 0 Å². The van der Waals surface area contributed by atoms with Crippen molar-refractivity contribution >= 4 is 45.0 Å². The first kappa shape index (κ1) is 24.8. The van der Waals surface area contributed by atoms with Gasteiger partial charge in [-0.05, 0) is 49.5 Å². The Morgan fingerprint density at radius 1 is 1.00 bits per heavy atom. The van der Waals surface area contributed by atoms with E-state index in [9.17, 15) is 9.18 Å². The van der Waals surface area contributed by atoms with E-state index in [0.717, 1.165) is 17.8 Å². The van der Waals surface area contributed by atoms with E-state index in [1.165, 1.54) is 35.6 Å². The van der Waals surface area contributed by atoms with Gasteiger partial charge in [0.2, 0.25) is 0 Å². The lowest BCUT2D eigenvalue weighted by Gasteiger charge is -2.24. The molecule has 1 amide bonds. The maximum atomic E-state index is 13.4. The van der Waals surface area contributed by atoms with Crippen molar-refractivity contribution < 1.29 is 18.7 Å². The summed E-state index contributed by atoms with van der Waals surface area (Å²) in [6, 6.07) is 9.20. The van der Waals surface area contributed by atoms with Crippen LogP contribution in [0.15, 0.2) is 36.4 Å². The highest BCUT2D eigenvalue weighted by Gasteiger charge is 2.24. The Kier molecular flexibility index (Phi) is 9.03. The van der Waals surface area contributed by atoms with Gasteiger partial charge in [0.1, 0.15) is 27.5 Å². The van der Waals surface area contributed by atoms with Crippen molar-refractivity contribution in [2.75, 3.05) is 45.3 Å². The Morgan fingerprint density at radius 2 is 1.61 bits per heavy atom. The largest absolute Gasteiger partial charge is 0.495 e. The first-order valence-electron chi connectivity index (χ1n) is 9.83. The molecular weight excluding hydrogens is 441 g/mol. The third-order valence-corrected chi connectivity index (χ3v) is 6.09. The minimum atomic E-state index is -0.379. The number of methoxy groups -OCH3 is 2. The smallest absolute Gasteiger partial charge is 0.260 e. The van der Waals surface area contributed by atoms with Crippen LogP contribution in [0.2, 0.25) is 0 Å². The molecule has 3 aromatic rings. The van der Waals surface area contributed by atoms with E-state index in [0.29, 0.717) is 40.8 Å². The Morgan fingerprint density at radius 3 is 2.19 bits per heavy atom. The van der Waals surface area contributed by atoms with E-state index in [2.05, 4.69) is 18.7 Å². The number of ether oxygens (including phenoxy) is 2. The lowest BCUT2D eigenvalue weighted by molar-refractivity contribution is 0.0983. The van der Waals surface area contributed by atoms with Crippen molar-refractivity contribution in [3.8, 4) is 11.5 Å². The lowest BCUT2D eigenvalue weighted by Crippen LogP contribution is -2.38. The lowest BCUT2D eigenvalue weighted by atomic mass is 10.2.